The Hall–Kier alpha value is -0.210. The molecule has 0 amide bonds. The highest BCUT2D eigenvalue weighted by Crippen LogP contribution is 2.30. The molecule has 1 aliphatic heterocycles. The van der Waals surface area contributed by atoms with Crippen LogP contribution in [0.1, 0.15) is 25.7 Å². The van der Waals surface area contributed by atoms with E-state index in [9.17, 15) is 13.5 Å². The molecule has 2 rings (SSSR count). The normalized spacial score (nSPS) is 25.7. The van der Waals surface area contributed by atoms with Crippen molar-refractivity contribution in [3.8, 4) is 0 Å². The van der Waals surface area contributed by atoms with Gasteiger partial charge in [-0.3, -0.25) is 0 Å². The van der Waals surface area contributed by atoms with Gasteiger partial charge in [0.05, 0.1) is 5.60 Å². The van der Waals surface area contributed by atoms with Gasteiger partial charge in [0.15, 0.2) is 0 Å². The van der Waals surface area contributed by atoms with Crippen LogP contribution < -0.4 is 5.32 Å². The van der Waals surface area contributed by atoms with Gasteiger partial charge >= 0.3 is 0 Å². The fraction of sp³-hybridized carbons (Fsp3) is 1.00. The van der Waals surface area contributed by atoms with Crippen LogP contribution >= 0.6 is 0 Å². The topological polar surface area (TPSA) is 72.9 Å². The van der Waals surface area contributed by atoms with Crippen molar-refractivity contribution in [3.05, 3.63) is 0 Å². The van der Waals surface area contributed by atoms with E-state index in [-0.39, 0.29) is 6.54 Å². The monoisotopic (exact) mass is 277 g/mol. The van der Waals surface area contributed by atoms with E-state index in [1.807, 2.05) is 0 Å². The van der Waals surface area contributed by atoms with E-state index in [0.29, 0.717) is 39.0 Å². The molecule has 2 N–H and O–H groups in total. The van der Waals surface area contributed by atoms with Gasteiger partial charge in [-0.15, -0.1) is 0 Å². The predicted molar refractivity (Wildman–Crippen MR) is 69.4 cm³/mol. The Morgan fingerprint density at radius 2 is 1.83 bits per heavy atom. The zero-order valence-electron chi connectivity index (χ0n) is 10.9. The van der Waals surface area contributed by atoms with Gasteiger partial charge in [0.2, 0.25) is 0 Å². The molecule has 0 aromatic carbocycles. The molecule has 2 fully saturated rings. The summed E-state index contributed by atoms with van der Waals surface area (Å²) in [5.74, 6) is 0. The molecule has 0 unspecified atom stereocenters. The third-order valence-electron chi connectivity index (χ3n) is 3.85. The number of likely N-dealkylation sites (N-methyl/N-ethyl adjacent to an activating group) is 1. The molecule has 1 heterocycles. The van der Waals surface area contributed by atoms with Gasteiger partial charge in [0, 0.05) is 39.8 Å². The minimum Gasteiger partial charge on any atom is -0.389 e. The molecule has 1 saturated heterocycles. The number of piperazine rings is 1. The lowest BCUT2D eigenvalue weighted by Gasteiger charge is -2.34. The van der Waals surface area contributed by atoms with Crippen molar-refractivity contribution in [1.29, 1.82) is 0 Å². The van der Waals surface area contributed by atoms with Gasteiger partial charge in [-0.2, -0.15) is 17.0 Å². The minimum atomic E-state index is -3.42. The van der Waals surface area contributed by atoms with Crippen molar-refractivity contribution in [2.24, 2.45) is 0 Å². The maximum Gasteiger partial charge on any atom is 0.281 e. The highest BCUT2D eigenvalue weighted by atomic mass is 32.2. The number of hydrogen-bond donors (Lipinski definition) is 2. The quantitative estimate of drug-likeness (QED) is 0.718. The Labute approximate surface area is 109 Å². The number of nitrogens with one attached hydrogen (secondary N) is 1. The Morgan fingerprint density at radius 3 is 2.39 bits per heavy atom. The van der Waals surface area contributed by atoms with E-state index >= 15 is 0 Å². The van der Waals surface area contributed by atoms with Crippen LogP contribution in [-0.4, -0.2) is 67.5 Å². The van der Waals surface area contributed by atoms with Crippen LogP contribution in [0, 0.1) is 0 Å². The third kappa shape index (κ3) is 3.03. The zero-order chi connectivity index (χ0) is 13.2. The molecule has 106 valence electrons. The highest BCUT2D eigenvalue weighted by molar-refractivity contribution is 7.86. The van der Waals surface area contributed by atoms with Crippen molar-refractivity contribution >= 4 is 10.2 Å². The first-order chi connectivity index (χ1) is 8.44. The lowest BCUT2D eigenvalue weighted by atomic mass is 10.0. The van der Waals surface area contributed by atoms with Crippen LogP contribution in [0.5, 0.6) is 0 Å². The second-order valence-electron chi connectivity index (χ2n) is 5.34. The maximum atomic E-state index is 12.3. The smallest absolute Gasteiger partial charge is 0.281 e. The summed E-state index contributed by atoms with van der Waals surface area (Å²) in [5.41, 5.74) is -0.824. The van der Waals surface area contributed by atoms with Gasteiger partial charge in [-0.25, -0.2) is 0 Å². The molecular weight excluding hydrogens is 254 g/mol. The van der Waals surface area contributed by atoms with E-state index in [1.54, 1.807) is 7.05 Å². The fourth-order valence-corrected chi connectivity index (χ4v) is 4.20. The number of hydrogen-bond acceptors (Lipinski definition) is 4. The maximum absolute atomic E-state index is 12.3. The molecule has 18 heavy (non-hydrogen) atoms. The molecule has 0 spiro atoms. The molecule has 1 aliphatic carbocycles. The molecular formula is C11H23N3O3S. The molecule has 7 heteroatoms. The summed E-state index contributed by atoms with van der Waals surface area (Å²) in [5, 5.41) is 13.4. The second-order valence-corrected chi connectivity index (χ2v) is 7.38. The third-order valence-corrected chi connectivity index (χ3v) is 5.78. The lowest BCUT2D eigenvalue weighted by Crippen LogP contribution is -2.53. The Morgan fingerprint density at radius 1 is 1.28 bits per heavy atom. The Balaban J connectivity index is 2.00. The van der Waals surface area contributed by atoms with Gasteiger partial charge in [0.1, 0.15) is 0 Å². The molecule has 0 atom stereocenters. The first-order valence-electron chi connectivity index (χ1n) is 6.59. The number of nitrogens with zero attached hydrogens (tertiary/aromatic N) is 2. The van der Waals surface area contributed by atoms with Crippen LogP contribution in [0.3, 0.4) is 0 Å². The first-order valence-corrected chi connectivity index (χ1v) is 7.98. The van der Waals surface area contributed by atoms with Crippen molar-refractivity contribution in [1.82, 2.24) is 13.9 Å². The van der Waals surface area contributed by atoms with Crippen molar-refractivity contribution < 1.29 is 13.5 Å². The van der Waals surface area contributed by atoms with Gasteiger partial charge in [-0.05, 0) is 12.8 Å². The van der Waals surface area contributed by atoms with E-state index in [1.165, 1.54) is 8.61 Å². The van der Waals surface area contributed by atoms with Gasteiger partial charge in [0.25, 0.3) is 10.2 Å². The largest absolute Gasteiger partial charge is 0.389 e. The van der Waals surface area contributed by atoms with Crippen LogP contribution in [0.2, 0.25) is 0 Å². The minimum absolute atomic E-state index is 0.208. The fourth-order valence-electron chi connectivity index (χ4n) is 2.76. The average Bonchev–Trinajstić information content (AvgIpc) is 2.77. The summed E-state index contributed by atoms with van der Waals surface area (Å²) < 4.78 is 27.5. The molecule has 0 aromatic rings. The van der Waals surface area contributed by atoms with Crippen LogP contribution in [0.4, 0.5) is 0 Å². The van der Waals surface area contributed by atoms with Crippen LogP contribution in [0.15, 0.2) is 0 Å². The second kappa shape index (κ2) is 5.42. The lowest BCUT2D eigenvalue weighted by molar-refractivity contribution is 0.0321. The van der Waals surface area contributed by atoms with Gasteiger partial charge in [-0.1, -0.05) is 12.8 Å². The summed E-state index contributed by atoms with van der Waals surface area (Å²) in [4.78, 5) is 0. The van der Waals surface area contributed by atoms with Crippen molar-refractivity contribution in [2.45, 2.75) is 31.3 Å². The molecule has 0 radical (unpaired) electrons. The Kier molecular flexibility index (Phi) is 4.28. The summed E-state index contributed by atoms with van der Waals surface area (Å²) >= 11 is 0. The van der Waals surface area contributed by atoms with Crippen LogP contribution in [-0.2, 0) is 10.2 Å². The van der Waals surface area contributed by atoms with E-state index in [0.717, 1.165) is 12.8 Å². The summed E-state index contributed by atoms with van der Waals surface area (Å²) in [7, 11) is -1.86. The van der Waals surface area contributed by atoms with E-state index in [2.05, 4.69) is 5.32 Å². The van der Waals surface area contributed by atoms with E-state index < -0.39 is 15.8 Å². The SMILES string of the molecule is CN(CC1(O)CCCC1)S(=O)(=O)N1CCNCC1. The Bertz CT molecular complexity index is 373. The number of rotatable bonds is 4. The summed E-state index contributed by atoms with van der Waals surface area (Å²) in [6.45, 7) is 2.60. The molecule has 2 aliphatic rings. The first kappa shape index (κ1) is 14.2. The van der Waals surface area contributed by atoms with Crippen molar-refractivity contribution in [3.63, 3.8) is 0 Å². The average molecular weight is 277 g/mol. The zero-order valence-corrected chi connectivity index (χ0v) is 11.7. The molecule has 0 aromatic heterocycles. The molecule has 6 nitrogen and oxygen atoms in total. The van der Waals surface area contributed by atoms with E-state index in [4.69, 9.17) is 0 Å². The molecule has 1 saturated carbocycles. The van der Waals surface area contributed by atoms with Gasteiger partial charge < -0.3 is 10.4 Å². The standard InChI is InChI=1S/C11H23N3O3S/c1-13(10-11(15)4-2-3-5-11)18(16,17)14-8-6-12-7-9-14/h12,15H,2-10H2,1H3. The predicted octanol–water partition coefficient (Wildman–Crippen LogP) is -0.627. The summed E-state index contributed by atoms with van der Waals surface area (Å²) in [6, 6.07) is 0. The van der Waals surface area contributed by atoms with Crippen molar-refractivity contribution in [2.75, 3.05) is 39.8 Å². The number of aliphatic hydroxyl groups is 1. The summed E-state index contributed by atoms with van der Waals surface area (Å²) in [6.07, 6.45) is 3.37. The van der Waals surface area contributed by atoms with Crippen LogP contribution in [0.25, 0.3) is 0 Å². The molecule has 0 bridgehead atoms. The highest BCUT2D eigenvalue weighted by Gasteiger charge is 2.37.